The Morgan fingerprint density at radius 2 is 1.73 bits per heavy atom. The summed E-state index contributed by atoms with van der Waals surface area (Å²) in [4.78, 5) is 4.92. The Balaban J connectivity index is 1.90. The van der Waals surface area contributed by atoms with E-state index in [0.29, 0.717) is 6.04 Å². The number of rotatable bonds is 1. The van der Waals surface area contributed by atoms with Gasteiger partial charge in [0.25, 0.3) is 0 Å². The van der Waals surface area contributed by atoms with E-state index in [0.717, 1.165) is 19.5 Å². The zero-order chi connectivity index (χ0) is 10.7. The Hall–Kier alpha value is -0.120. The first kappa shape index (κ1) is 11.4. The number of hydrogen-bond acceptors (Lipinski definition) is 3. The molecule has 0 unspecified atom stereocenters. The molecule has 0 spiro atoms. The summed E-state index contributed by atoms with van der Waals surface area (Å²) in [7, 11) is 2.20. The monoisotopic (exact) mass is 212 g/mol. The van der Waals surface area contributed by atoms with E-state index in [1.54, 1.807) is 0 Å². The maximum atomic E-state index is 10.0. The minimum absolute atomic E-state index is 0.0674. The minimum Gasteiger partial charge on any atom is -0.391 e. The highest BCUT2D eigenvalue weighted by atomic mass is 16.3. The lowest BCUT2D eigenvalue weighted by atomic mass is 9.91. The van der Waals surface area contributed by atoms with E-state index >= 15 is 0 Å². The molecule has 1 aliphatic heterocycles. The van der Waals surface area contributed by atoms with Crippen molar-refractivity contribution < 1.29 is 5.11 Å². The summed E-state index contributed by atoms with van der Waals surface area (Å²) in [6, 6.07) is 0.449. The molecule has 1 saturated heterocycles. The van der Waals surface area contributed by atoms with Gasteiger partial charge in [0.2, 0.25) is 0 Å². The first-order valence-electron chi connectivity index (χ1n) is 6.38. The molecular weight excluding hydrogens is 188 g/mol. The fourth-order valence-electron chi connectivity index (χ4n) is 2.92. The van der Waals surface area contributed by atoms with Gasteiger partial charge in [0.05, 0.1) is 6.10 Å². The van der Waals surface area contributed by atoms with Crippen molar-refractivity contribution in [3.63, 3.8) is 0 Å². The van der Waals surface area contributed by atoms with Gasteiger partial charge < -0.3 is 10.0 Å². The van der Waals surface area contributed by atoms with Crippen molar-refractivity contribution in [1.29, 1.82) is 0 Å². The highest BCUT2D eigenvalue weighted by molar-refractivity contribution is 4.84. The Labute approximate surface area is 93.1 Å². The van der Waals surface area contributed by atoms with Crippen molar-refractivity contribution in [2.24, 2.45) is 0 Å². The highest BCUT2D eigenvalue weighted by Gasteiger charge is 2.29. The van der Waals surface area contributed by atoms with Crippen LogP contribution in [0.1, 0.15) is 32.1 Å². The number of hydrogen-bond donors (Lipinski definition) is 1. The second-order valence-electron chi connectivity index (χ2n) is 5.11. The third-order valence-electron chi connectivity index (χ3n) is 3.92. The van der Waals surface area contributed by atoms with Gasteiger partial charge in [-0.05, 0) is 39.4 Å². The molecule has 2 aliphatic rings. The van der Waals surface area contributed by atoms with Crippen LogP contribution in [0.5, 0.6) is 0 Å². The summed E-state index contributed by atoms with van der Waals surface area (Å²) in [5.74, 6) is 0. The molecule has 3 heteroatoms. The lowest BCUT2D eigenvalue weighted by Gasteiger charge is -2.37. The van der Waals surface area contributed by atoms with Crippen molar-refractivity contribution in [3.05, 3.63) is 0 Å². The summed E-state index contributed by atoms with van der Waals surface area (Å²) in [5, 5.41) is 10.0. The Bertz CT molecular complexity index is 198. The lowest BCUT2D eigenvalue weighted by Crippen LogP contribution is -2.46. The van der Waals surface area contributed by atoms with Gasteiger partial charge in [-0.25, -0.2) is 0 Å². The van der Waals surface area contributed by atoms with Crippen LogP contribution in [0.15, 0.2) is 0 Å². The second-order valence-corrected chi connectivity index (χ2v) is 5.11. The molecule has 0 aromatic heterocycles. The minimum atomic E-state index is -0.0674. The SMILES string of the molecule is CN1CCCN([C@H]2CCCC[C@@H]2O)CC1. The molecule has 1 saturated carbocycles. The predicted molar refractivity (Wildman–Crippen MR) is 61.9 cm³/mol. The van der Waals surface area contributed by atoms with E-state index in [9.17, 15) is 5.11 Å². The molecule has 0 amide bonds. The highest BCUT2D eigenvalue weighted by Crippen LogP contribution is 2.23. The standard InChI is InChI=1S/C12H24N2O/c1-13-7-4-8-14(10-9-13)11-5-2-3-6-12(11)15/h11-12,15H,2-10H2,1H3/t11-,12-/m0/s1. The van der Waals surface area contributed by atoms with Crippen molar-refractivity contribution >= 4 is 0 Å². The van der Waals surface area contributed by atoms with Crippen LogP contribution < -0.4 is 0 Å². The summed E-state index contributed by atoms with van der Waals surface area (Å²) >= 11 is 0. The molecule has 0 aromatic rings. The van der Waals surface area contributed by atoms with Crippen molar-refractivity contribution in [2.45, 2.75) is 44.2 Å². The third-order valence-corrected chi connectivity index (χ3v) is 3.92. The average Bonchev–Trinajstić information content (AvgIpc) is 2.44. The van der Waals surface area contributed by atoms with Crippen molar-refractivity contribution in [1.82, 2.24) is 9.80 Å². The molecule has 0 radical (unpaired) electrons. The third kappa shape index (κ3) is 2.92. The van der Waals surface area contributed by atoms with Crippen molar-refractivity contribution in [2.75, 3.05) is 33.2 Å². The fraction of sp³-hybridized carbons (Fsp3) is 1.00. The van der Waals surface area contributed by atoms with Crippen LogP contribution in [0.3, 0.4) is 0 Å². The average molecular weight is 212 g/mol. The maximum absolute atomic E-state index is 10.0. The number of nitrogens with zero attached hydrogens (tertiary/aromatic N) is 2. The van der Waals surface area contributed by atoms with E-state index in [-0.39, 0.29) is 6.10 Å². The normalized spacial score (nSPS) is 36.4. The number of aliphatic hydroxyl groups excluding tert-OH is 1. The molecule has 2 atom stereocenters. The Morgan fingerprint density at radius 3 is 2.53 bits per heavy atom. The van der Waals surface area contributed by atoms with E-state index in [1.165, 1.54) is 38.8 Å². The molecule has 2 fully saturated rings. The van der Waals surface area contributed by atoms with Gasteiger partial charge in [-0.15, -0.1) is 0 Å². The van der Waals surface area contributed by atoms with Crippen LogP contribution in [-0.2, 0) is 0 Å². The van der Waals surface area contributed by atoms with E-state index in [4.69, 9.17) is 0 Å². The quantitative estimate of drug-likeness (QED) is 0.700. The molecule has 0 aromatic carbocycles. The zero-order valence-electron chi connectivity index (χ0n) is 9.86. The van der Waals surface area contributed by atoms with E-state index in [1.807, 2.05) is 0 Å². The fourth-order valence-corrected chi connectivity index (χ4v) is 2.92. The second kappa shape index (κ2) is 5.28. The molecule has 3 nitrogen and oxygen atoms in total. The van der Waals surface area contributed by atoms with Gasteiger partial charge in [0.1, 0.15) is 0 Å². The van der Waals surface area contributed by atoms with Gasteiger partial charge >= 0.3 is 0 Å². The largest absolute Gasteiger partial charge is 0.391 e. The van der Waals surface area contributed by atoms with Gasteiger partial charge in [0, 0.05) is 19.1 Å². The first-order chi connectivity index (χ1) is 7.27. The van der Waals surface area contributed by atoms with Gasteiger partial charge in [0.15, 0.2) is 0 Å². The zero-order valence-corrected chi connectivity index (χ0v) is 9.86. The smallest absolute Gasteiger partial charge is 0.0695 e. The predicted octanol–water partition coefficient (Wildman–Crippen LogP) is 0.927. The molecule has 0 bridgehead atoms. The first-order valence-corrected chi connectivity index (χ1v) is 6.38. The molecule has 15 heavy (non-hydrogen) atoms. The lowest BCUT2D eigenvalue weighted by molar-refractivity contribution is 0.0218. The van der Waals surface area contributed by atoms with Gasteiger partial charge in [-0.3, -0.25) is 4.90 Å². The Kier molecular flexibility index (Phi) is 4.00. The van der Waals surface area contributed by atoms with Crippen LogP contribution in [0.2, 0.25) is 0 Å². The Morgan fingerprint density at radius 1 is 0.933 bits per heavy atom. The van der Waals surface area contributed by atoms with Gasteiger partial charge in [-0.2, -0.15) is 0 Å². The molecule has 2 rings (SSSR count). The van der Waals surface area contributed by atoms with Crippen LogP contribution >= 0.6 is 0 Å². The molecular formula is C12H24N2O. The maximum Gasteiger partial charge on any atom is 0.0695 e. The molecule has 1 aliphatic carbocycles. The van der Waals surface area contributed by atoms with E-state index < -0.39 is 0 Å². The summed E-state index contributed by atoms with van der Waals surface area (Å²) in [6.45, 7) is 4.67. The summed E-state index contributed by atoms with van der Waals surface area (Å²) in [5.41, 5.74) is 0. The topological polar surface area (TPSA) is 26.7 Å². The molecule has 1 heterocycles. The van der Waals surface area contributed by atoms with E-state index in [2.05, 4.69) is 16.8 Å². The van der Waals surface area contributed by atoms with Crippen LogP contribution in [0.25, 0.3) is 0 Å². The summed E-state index contributed by atoms with van der Waals surface area (Å²) < 4.78 is 0. The summed E-state index contributed by atoms with van der Waals surface area (Å²) in [6.07, 6.45) is 5.91. The van der Waals surface area contributed by atoms with Crippen molar-refractivity contribution in [3.8, 4) is 0 Å². The van der Waals surface area contributed by atoms with Gasteiger partial charge in [-0.1, -0.05) is 12.8 Å². The van der Waals surface area contributed by atoms with Crippen LogP contribution in [0.4, 0.5) is 0 Å². The number of likely N-dealkylation sites (N-methyl/N-ethyl adjacent to an activating group) is 1. The molecule has 88 valence electrons. The van der Waals surface area contributed by atoms with Crippen LogP contribution in [0, 0.1) is 0 Å². The molecule has 1 N–H and O–H groups in total. The number of aliphatic hydroxyl groups is 1. The van der Waals surface area contributed by atoms with Crippen LogP contribution in [-0.4, -0.2) is 60.3 Å².